The molecule has 1 amide bonds. The van der Waals surface area contributed by atoms with Crippen LogP contribution in [0.1, 0.15) is 11.3 Å². The van der Waals surface area contributed by atoms with Gasteiger partial charge in [0.15, 0.2) is 6.39 Å². The second kappa shape index (κ2) is 8.00. The van der Waals surface area contributed by atoms with E-state index in [1.807, 2.05) is 24.3 Å². The molecular weight excluding hydrogens is 326 g/mol. The van der Waals surface area contributed by atoms with Crippen molar-refractivity contribution in [2.75, 3.05) is 13.7 Å². The summed E-state index contributed by atoms with van der Waals surface area (Å²) >= 11 is 0. The first kappa shape index (κ1) is 17.2. The average Bonchev–Trinajstić information content (AvgIpc) is 3.26. The highest BCUT2D eigenvalue weighted by Gasteiger charge is 2.37. The van der Waals surface area contributed by atoms with Crippen LogP contribution in [-0.2, 0) is 17.7 Å². The molecule has 1 unspecified atom stereocenters. The highest BCUT2D eigenvalue weighted by molar-refractivity contribution is 5.67. The maximum Gasteiger partial charge on any atom is 0.407 e. The molecule has 2 aromatic rings. The molecule has 8 nitrogen and oxygen atoms in total. The number of carbonyl (C=O) groups excluding carboxylic acids is 1. The van der Waals surface area contributed by atoms with Crippen LogP contribution in [0.4, 0.5) is 4.79 Å². The fourth-order valence-corrected chi connectivity index (χ4v) is 2.79. The highest BCUT2D eigenvalue weighted by Crippen LogP contribution is 2.19. The summed E-state index contributed by atoms with van der Waals surface area (Å²) in [5.41, 5.74) is 1.65. The van der Waals surface area contributed by atoms with Gasteiger partial charge in [-0.25, -0.2) is 9.78 Å². The van der Waals surface area contributed by atoms with E-state index < -0.39 is 18.3 Å². The Bertz CT molecular complexity index is 674. The van der Waals surface area contributed by atoms with Crippen molar-refractivity contribution in [1.82, 2.24) is 15.6 Å². The van der Waals surface area contributed by atoms with E-state index in [1.165, 1.54) is 12.7 Å². The van der Waals surface area contributed by atoms with Gasteiger partial charge in [-0.3, -0.25) is 0 Å². The Balaban J connectivity index is 1.55. The number of β-amino-alcohol motifs (C(OH)–C–C–N with tert-alkyl or cyclic N) is 1. The predicted molar refractivity (Wildman–Crippen MR) is 88.1 cm³/mol. The minimum absolute atomic E-state index is 0.166. The number of methoxy groups -OCH3 is 1. The molecule has 1 saturated heterocycles. The molecule has 0 spiro atoms. The number of benzene rings is 1. The van der Waals surface area contributed by atoms with Crippen LogP contribution < -0.4 is 15.4 Å². The SMILES string of the molecule is COc1ccc(C[C@H]2NCC(O)[C@H]2OC(=O)NCc2cocn2)cc1. The minimum atomic E-state index is -0.749. The Labute approximate surface area is 145 Å². The molecule has 3 atom stereocenters. The van der Waals surface area contributed by atoms with E-state index in [-0.39, 0.29) is 12.6 Å². The molecule has 25 heavy (non-hydrogen) atoms. The van der Waals surface area contributed by atoms with Gasteiger partial charge in [-0.2, -0.15) is 0 Å². The lowest BCUT2D eigenvalue weighted by molar-refractivity contribution is 0.0187. The molecule has 1 aromatic heterocycles. The van der Waals surface area contributed by atoms with E-state index in [2.05, 4.69) is 15.6 Å². The topological polar surface area (TPSA) is 106 Å². The lowest BCUT2D eigenvalue weighted by Gasteiger charge is -2.22. The number of aliphatic hydroxyl groups is 1. The Morgan fingerprint density at radius 2 is 2.24 bits per heavy atom. The molecule has 3 N–H and O–H groups in total. The molecule has 3 rings (SSSR count). The van der Waals surface area contributed by atoms with E-state index in [9.17, 15) is 9.90 Å². The normalized spacial score (nSPS) is 22.6. The van der Waals surface area contributed by atoms with Gasteiger partial charge >= 0.3 is 6.09 Å². The van der Waals surface area contributed by atoms with E-state index in [0.29, 0.717) is 18.7 Å². The number of oxazole rings is 1. The van der Waals surface area contributed by atoms with Crippen LogP contribution in [0, 0.1) is 0 Å². The number of ether oxygens (including phenoxy) is 2. The smallest absolute Gasteiger partial charge is 0.407 e. The van der Waals surface area contributed by atoms with Crippen LogP contribution in [0.15, 0.2) is 41.3 Å². The van der Waals surface area contributed by atoms with Crippen molar-refractivity contribution in [3.05, 3.63) is 48.2 Å². The van der Waals surface area contributed by atoms with E-state index in [4.69, 9.17) is 13.9 Å². The zero-order valence-corrected chi connectivity index (χ0v) is 13.8. The summed E-state index contributed by atoms with van der Waals surface area (Å²) in [6.45, 7) is 0.580. The van der Waals surface area contributed by atoms with E-state index >= 15 is 0 Å². The number of nitrogens with zero attached hydrogens (tertiary/aromatic N) is 1. The molecular formula is C17H21N3O5. The highest BCUT2D eigenvalue weighted by atomic mass is 16.6. The van der Waals surface area contributed by atoms with Crippen molar-refractivity contribution in [3.63, 3.8) is 0 Å². The zero-order chi connectivity index (χ0) is 17.6. The average molecular weight is 347 g/mol. The molecule has 0 aliphatic carbocycles. The van der Waals surface area contributed by atoms with Gasteiger partial charge in [-0.05, 0) is 24.1 Å². The third-order valence-corrected chi connectivity index (χ3v) is 4.12. The number of hydrogen-bond donors (Lipinski definition) is 3. The summed E-state index contributed by atoms with van der Waals surface area (Å²) in [5.74, 6) is 0.781. The van der Waals surface area contributed by atoms with Crippen molar-refractivity contribution in [2.24, 2.45) is 0 Å². The Morgan fingerprint density at radius 3 is 2.92 bits per heavy atom. The quantitative estimate of drug-likeness (QED) is 0.711. The lowest BCUT2D eigenvalue weighted by atomic mass is 10.0. The number of amides is 1. The van der Waals surface area contributed by atoms with Gasteiger partial charge in [0.2, 0.25) is 0 Å². The number of hydrogen-bond acceptors (Lipinski definition) is 7. The fourth-order valence-electron chi connectivity index (χ4n) is 2.79. The summed E-state index contributed by atoms with van der Waals surface area (Å²) < 4.78 is 15.4. The van der Waals surface area contributed by atoms with Crippen LogP contribution in [0.2, 0.25) is 0 Å². The van der Waals surface area contributed by atoms with Gasteiger partial charge in [-0.1, -0.05) is 12.1 Å². The molecule has 8 heteroatoms. The van der Waals surface area contributed by atoms with Crippen molar-refractivity contribution in [2.45, 2.75) is 31.2 Å². The molecule has 0 radical (unpaired) electrons. The van der Waals surface area contributed by atoms with Gasteiger partial charge in [0, 0.05) is 6.54 Å². The molecule has 134 valence electrons. The van der Waals surface area contributed by atoms with Gasteiger partial charge in [0.25, 0.3) is 0 Å². The molecule has 2 heterocycles. The number of rotatable bonds is 6. The second-order valence-corrected chi connectivity index (χ2v) is 5.84. The monoisotopic (exact) mass is 347 g/mol. The van der Waals surface area contributed by atoms with Gasteiger partial charge < -0.3 is 29.6 Å². The first-order valence-corrected chi connectivity index (χ1v) is 8.01. The standard InChI is InChI=1S/C17H21N3O5/c1-23-13-4-2-11(3-5-13)6-14-16(15(21)8-18-14)25-17(22)19-7-12-9-24-10-20-12/h2-5,9-10,14-16,18,21H,6-8H2,1H3,(H,19,22)/t14-,15?,16+/m1/s1. The maximum absolute atomic E-state index is 12.0. The van der Waals surface area contributed by atoms with Crippen LogP contribution in [0.5, 0.6) is 5.75 Å². The van der Waals surface area contributed by atoms with Crippen LogP contribution in [0.25, 0.3) is 0 Å². The van der Waals surface area contributed by atoms with Crippen molar-refractivity contribution >= 4 is 6.09 Å². The largest absolute Gasteiger partial charge is 0.497 e. The molecule has 1 aromatic carbocycles. The second-order valence-electron chi connectivity index (χ2n) is 5.84. The van der Waals surface area contributed by atoms with Gasteiger partial charge in [-0.15, -0.1) is 0 Å². The van der Waals surface area contributed by atoms with Crippen molar-refractivity contribution < 1.29 is 23.8 Å². The van der Waals surface area contributed by atoms with Crippen LogP contribution >= 0.6 is 0 Å². The summed E-state index contributed by atoms with van der Waals surface area (Å²) in [7, 11) is 1.62. The van der Waals surface area contributed by atoms with Crippen LogP contribution in [0.3, 0.4) is 0 Å². The Kier molecular flexibility index (Phi) is 5.52. The third-order valence-electron chi connectivity index (χ3n) is 4.12. The number of carbonyl (C=O) groups is 1. The molecule has 0 bridgehead atoms. The fraction of sp³-hybridized carbons (Fsp3) is 0.412. The van der Waals surface area contributed by atoms with E-state index in [1.54, 1.807) is 7.11 Å². The van der Waals surface area contributed by atoms with E-state index in [0.717, 1.165) is 11.3 Å². The lowest BCUT2D eigenvalue weighted by Crippen LogP contribution is -2.41. The van der Waals surface area contributed by atoms with Gasteiger partial charge in [0.1, 0.15) is 24.2 Å². The maximum atomic E-state index is 12.0. The van der Waals surface area contributed by atoms with Crippen molar-refractivity contribution in [3.8, 4) is 5.75 Å². The summed E-state index contributed by atoms with van der Waals surface area (Å²) in [5, 5.41) is 15.9. The van der Waals surface area contributed by atoms with Gasteiger partial charge in [0.05, 0.1) is 25.4 Å². The molecule has 1 fully saturated rings. The predicted octanol–water partition coefficient (Wildman–Crippen LogP) is 0.853. The Hall–Kier alpha value is -2.58. The first-order valence-electron chi connectivity index (χ1n) is 8.01. The third kappa shape index (κ3) is 4.49. The Morgan fingerprint density at radius 1 is 1.44 bits per heavy atom. The number of aliphatic hydroxyl groups excluding tert-OH is 1. The summed E-state index contributed by atoms with van der Waals surface area (Å²) in [6.07, 6.45) is 1.38. The van der Waals surface area contributed by atoms with Crippen molar-refractivity contribution in [1.29, 1.82) is 0 Å². The van der Waals surface area contributed by atoms with Crippen LogP contribution in [-0.4, -0.2) is 48.1 Å². The molecule has 1 aliphatic heterocycles. The zero-order valence-electron chi connectivity index (χ0n) is 13.8. The minimum Gasteiger partial charge on any atom is -0.497 e. The summed E-state index contributed by atoms with van der Waals surface area (Å²) in [6, 6.07) is 7.49. The molecule has 1 aliphatic rings. The number of alkyl carbamates (subject to hydrolysis) is 1. The summed E-state index contributed by atoms with van der Waals surface area (Å²) in [4.78, 5) is 15.9. The number of aromatic nitrogens is 1. The first-order chi connectivity index (χ1) is 12.2. The molecule has 0 saturated carbocycles. The number of nitrogens with one attached hydrogen (secondary N) is 2.